The largest absolute Gasteiger partial charge is 0.416 e. The molecule has 1 aromatic rings. The Morgan fingerprint density at radius 1 is 1.25 bits per heavy atom. The van der Waals surface area contributed by atoms with Crippen LogP contribution in [0.5, 0.6) is 0 Å². The molecule has 2 rings (SSSR count). The van der Waals surface area contributed by atoms with Crippen molar-refractivity contribution in [2.45, 2.75) is 38.0 Å². The topological polar surface area (TPSA) is 41.1 Å². The molecule has 110 valence electrons. The van der Waals surface area contributed by atoms with Crippen LogP contribution in [-0.4, -0.2) is 24.5 Å². The second kappa shape index (κ2) is 5.83. The summed E-state index contributed by atoms with van der Waals surface area (Å²) < 4.78 is 37.3. The fraction of sp³-hybridized carbons (Fsp3) is 0.500. The highest BCUT2D eigenvalue weighted by Gasteiger charge is 2.30. The average molecular weight is 286 g/mol. The highest BCUT2D eigenvalue weighted by atomic mass is 19.4. The van der Waals surface area contributed by atoms with E-state index in [0.29, 0.717) is 12.6 Å². The Morgan fingerprint density at radius 3 is 2.40 bits per heavy atom. The molecule has 1 aliphatic rings. The third-order valence-electron chi connectivity index (χ3n) is 3.47. The quantitative estimate of drug-likeness (QED) is 0.877. The number of carbonyl (C=O) groups excluding carboxylic acids is 1. The van der Waals surface area contributed by atoms with Gasteiger partial charge >= 0.3 is 6.18 Å². The van der Waals surface area contributed by atoms with E-state index in [0.717, 1.165) is 25.0 Å². The number of hydrogen-bond acceptors (Lipinski definition) is 2. The van der Waals surface area contributed by atoms with Crippen LogP contribution in [0.15, 0.2) is 24.3 Å². The molecule has 1 saturated heterocycles. The van der Waals surface area contributed by atoms with Crippen LogP contribution < -0.4 is 10.6 Å². The second-order valence-electron chi connectivity index (χ2n) is 5.13. The maximum atomic E-state index is 12.4. The lowest BCUT2D eigenvalue weighted by molar-refractivity contribution is -0.137. The van der Waals surface area contributed by atoms with E-state index in [9.17, 15) is 18.0 Å². The molecule has 1 amide bonds. The van der Waals surface area contributed by atoms with Gasteiger partial charge in [-0.15, -0.1) is 0 Å². The van der Waals surface area contributed by atoms with Gasteiger partial charge in [0.1, 0.15) is 0 Å². The molecule has 0 saturated carbocycles. The molecule has 0 aliphatic carbocycles. The molecule has 20 heavy (non-hydrogen) atoms. The summed E-state index contributed by atoms with van der Waals surface area (Å²) in [4.78, 5) is 11.9. The van der Waals surface area contributed by atoms with E-state index >= 15 is 0 Å². The van der Waals surface area contributed by atoms with E-state index in [2.05, 4.69) is 17.6 Å². The molecule has 1 fully saturated rings. The van der Waals surface area contributed by atoms with Gasteiger partial charge in [-0.3, -0.25) is 4.79 Å². The van der Waals surface area contributed by atoms with Crippen LogP contribution in [-0.2, 0) is 6.18 Å². The van der Waals surface area contributed by atoms with E-state index in [1.807, 2.05) is 0 Å². The van der Waals surface area contributed by atoms with Crippen molar-refractivity contribution in [1.29, 1.82) is 0 Å². The number of benzene rings is 1. The maximum Gasteiger partial charge on any atom is 0.416 e. The molecule has 0 radical (unpaired) electrons. The molecule has 2 N–H and O–H groups in total. The Balaban J connectivity index is 1.96. The summed E-state index contributed by atoms with van der Waals surface area (Å²) in [5.41, 5.74) is -0.501. The number of piperidine rings is 1. The second-order valence-corrected chi connectivity index (χ2v) is 5.13. The standard InChI is InChI=1S/C14H17F3N2O/c1-9-2-7-12(8-18-9)19-13(20)10-3-5-11(6-4-10)14(15,16)17/h3-6,9,12,18H,2,7-8H2,1H3,(H,19,20). The van der Waals surface area contributed by atoms with Crippen molar-refractivity contribution >= 4 is 5.91 Å². The van der Waals surface area contributed by atoms with Crippen LogP contribution >= 0.6 is 0 Å². The molecule has 0 aromatic heterocycles. The normalized spacial score (nSPS) is 23.4. The highest BCUT2D eigenvalue weighted by molar-refractivity contribution is 5.94. The zero-order valence-corrected chi connectivity index (χ0v) is 11.1. The molecule has 2 unspecified atom stereocenters. The van der Waals surface area contributed by atoms with Crippen LogP contribution in [0, 0.1) is 0 Å². The molecule has 3 nitrogen and oxygen atoms in total. The Kier molecular flexibility index (Phi) is 4.32. The molecule has 1 aromatic carbocycles. The first-order chi connectivity index (χ1) is 9.36. The Hall–Kier alpha value is -1.56. The molecular weight excluding hydrogens is 269 g/mol. The molecule has 0 bridgehead atoms. The molecule has 1 heterocycles. The first-order valence-electron chi connectivity index (χ1n) is 6.58. The predicted molar refractivity (Wildman–Crippen MR) is 69.4 cm³/mol. The first kappa shape index (κ1) is 14.8. The van der Waals surface area contributed by atoms with E-state index in [-0.39, 0.29) is 17.5 Å². The molecule has 1 aliphatic heterocycles. The maximum absolute atomic E-state index is 12.4. The summed E-state index contributed by atoms with van der Waals surface area (Å²) in [5, 5.41) is 6.09. The summed E-state index contributed by atoms with van der Waals surface area (Å²) in [5.74, 6) is -0.333. The van der Waals surface area contributed by atoms with Gasteiger partial charge in [0.05, 0.1) is 5.56 Å². The van der Waals surface area contributed by atoms with Crippen LogP contribution in [0.25, 0.3) is 0 Å². The van der Waals surface area contributed by atoms with Gasteiger partial charge < -0.3 is 10.6 Å². The van der Waals surface area contributed by atoms with Crippen molar-refractivity contribution < 1.29 is 18.0 Å². The Bertz CT molecular complexity index is 462. The van der Waals surface area contributed by atoms with Crippen molar-refractivity contribution in [2.24, 2.45) is 0 Å². The molecule has 2 atom stereocenters. The van der Waals surface area contributed by atoms with Gasteiger partial charge in [0.15, 0.2) is 0 Å². The zero-order valence-electron chi connectivity index (χ0n) is 11.1. The number of amides is 1. The van der Waals surface area contributed by atoms with Crippen LogP contribution in [0.4, 0.5) is 13.2 Å². The van der Waals surface area contributed by atoms with E-state index in [1.165, 1.54) is 12.1 Å². The summed E-state index contributed by atoms with van der Waals surface area (Å²) in [6.45, 7) is 2.77. The number of hydrogen-bond donors (Lipinski definition) is 2. The van der Waals surface area contributed by atoms with Crippen LogP contribution in [0.1, 0.15) is 35.7 Å². The Labute approximate surface area is 115 Å². The van der Waals surface area contributed by atoms with Crippen molar-refractivity contribution in [1.82, 2.24) is 10.6 Å². The lowest BCUT2D eigenvalue weighted by Crippen LogP contribution is -2.48. The third-order valence-corrected chi connectivity index (χ3v) is 3.47. The van der Waals surface area contributed by atoms with E-state index < -0.39 is 11.7 Å². The number of nitrogens with one attached hydrogen (secondary N) is 2. The van der Waals surface area contributed by atoms with Gasteiger partial charge in [-0.25, -0.2) is 0 Å². The number of rotatable bonds is 2. The number of halogens is 3. The first-order valence-corrected chi connectivity index (χ1v) is 6.58. The number of alkyl halides is 3. The summed E-state index contributed by atoms with van der Waals surface area (Å²) >= 11 is 0. The third kappa shape index (κ3) is 3.72. The van der Waals surface area contributed by atoms with Crippen molar-refractivity contribution in [2.75, 3.05) is 6.54 Å². The highest BCUT2D eigenvalue weighted by Crippen LogP contribution is 2.29. The van der Waals surface area contributed by atoms with Gasteiger partial charge in [-0.05, 0) is 44.0 Å². The van der Waals surface area contributed by atoms with Crippen LogP contribution in [0.3, 0.4) is 0 Å². The summed E-state index contributed by atoms with van der Waals surface area (Å²) in [7, 11) is 0. The van der Waals surface area contributed by atoms with Gasteiger partial charge in [0.2, 0.25) is 0 Å². The fourth-order valence-corrected chi connectivity index (χ4v) is 2.20. The predicted octanol–water partition coefficient (Wildman–Crippen LogP) is 2.58. The summed E-state index contributed by atoms with van der Waals surface area (Å²) in [6.07, 6.45) is -2.53. The van der Waals surface area contributed by atoms with Gasteiger partial charge in [0, 0.05) is 24.2 Å². The lowest BCUT2D eigenvalue weighted by atomic mass is 10.0. The number of carbonyl (C=O) groups is 1. The van der Waals surface area contributed by atoms with Crippen LogP contribution in [0.2, 0.25) is 0 Å². The van der Waals surface area contributed by atoms with E-state index in [1.54, 1.807) is 0 Å². The van der Waals surface area contributed by atoms with Gasteiger partial charge in [-0.2, -0.15) is 13.2 Å². The SMILES string of the molecule is CC1CCC(NC(=O)c2ccc(C(F)(F)F)cc2)CN1. The van der Waals surface area contributed by atoms with Crippen molar-refractivity contribution in [3.05, 3.63) is 35.4 Å². The molecule has 0 spiro atoms. The van der Waals surface area contributed by atoms with Gasteiger partial charge in [-0.1, -0.05) is 0 Å². The van der Waals surface area contributed by atoms with Crippen molar-refractivity contribution in [3.8, 4) is 0 Å². The minimum Gasteiger partial charge on any atom is -0.348 e. The monoisotopic (exact) mass is 286 g/mol. The minimum atomic E-state index is -4.38. The Morgan fingerprint density at radius 2 is 1.90 bits per heavy atom. The molecular formula is C14H17F3N2O. The average Bonchev–Trinajstić information content (AvgIpc) is 2.40. The zero-order chi connectivity index (χ0) is 14.8. The smallest absolute Gasteiger partial charge is 0.348 e. The molecule has 6 heteroatoms. The lowest BCUT2D eigenvalue weighted by Gasteiger charge is -2.28. The fourth-order valence-electron chi connectivity index (χ4n) is 2.20. The summed E-state index contributed by atoms with van der Waals surface area (Å²) in [6, 6.07) is 4.73. The van der Waals surface area contributed by atoms with E-state index in [4.69, 9.17) is 0 Å². The minimum absolute atomic E-state index is 0.0287. The van der Waals surface area contributed by atoms with Crippen molar-refractivity contribution in [3.63, 3.8) is 0 Å². The van der Waals surface area contributed by atoms with Gasteiger partial charge in [0.25, 0.3) is 5.91 Å².